The van der Waals surface area contributed by atoms with Gasteiger partial charge in [0.05, 0.1) is 18.0 Å². The number of carbonyl (C=O) groups is 1. The van der Waals surface area contributed by atoms with Gasteiger partial charge in [0.2, 0.25) is 10.0 Å². The molecule has 2 aromatic carbocycles. The lowest BCUT2D eigenvalue weighted by atomic mass is 9.94. The van der Waals surface area contributed by atoms with Crippen molar-refractivity contribution in [2.45, 2.75) is 38.8 Å². The van der Waals surface area contributed by atoms with Crippen molar-refractivity contribution < 1.29 is 17.9 Å². The topological polar surface area (TPSA) is 75.7 Å². The fourth-order valence-electron chi connectivity index (χ4n) is 3.32. The lowest BCUT2D eigenvalue weighted by Crippen LogP contribution is -2.55. The monoisotopic (exact) mass is 402 g/mol. The minimum atomic E-state index is -3.52. The van der Waals surface area contributed by atoms with Crippen molar-refractivity contribution in [1.82, 2.24) is 5.32 Å². The van der Waals surface area contributed by atoms with Gasteiger partial charge in [-0.1, -0.05) is 42.5 Å². The summed E-state index contributed by atoms with van der Waals surface area (Å²) < 4.78 is 32.2. The van der Waals surface area contributed by atoms with Gasteiger partial charge in [-0.05, 0) is 44.9 Å². The molecule has 1 atom stereocenters. The quantitative estimate of drug-likeness (QED) is 0.806. The molecule has 28 heavy (non-hydrogen) atoms. The third-order valence-corrected chi connectivity index (χ3v) is 6.43. The predicted molar refractivity (Wildman–Crippen MR) is 110 cm³/mol. The number of nitrogens with zero attached hydrogens (tertiary/aromatic N) is 1. The number of hydrogen-bond acceptors (Lipinski definition) is 4. The molecule has 1 aliphatic rings. The van der Waals surface area contributed by atoms with Crippen LogP contribution in [0.15, 0.2) is 54.6 Å². The summed E-state index contributed by atoms with van der Waals surface area (Å²) in [5.74, 6) is 0.0216. The Bertz CT molecular complexity index is 942. The van der Waals surface area contributed by atoms with Crippen molar-refractivity contribution in [2.75, 3.05) is 16.6 Å². The number of hydrogen-bond donors (Lipinski definition) is 1. The molecule has 0 spiro atoms. The summed E-state index contributed by atoms with van der Waals surface area (Å²) in [4.78, 5) is 12.9. The van der Waals surface area contributed by atoms with E-state index in [1.165, 1.54) is 4.31 Å². The fraction of sp³-hybridized carbons (Fsp3) is 0.381. The zero-order chi connectivity index (χ0) is 20.4. The first kappa shape index (κ1) is 20.2. The Morgan fingerprint density at radius 1 is 1.14 bits per heavy atom. The van der Waals surface area contributed by atoms with E-state index in [9.17, 15) is 13.2 Å². The maximum absolute atomic E-state index is 12.9. The SMILES string of the molecule is CCS(=O)(=O)N1C[C@H](C(=O)NC(C)(C)Cc2ccccc2)Oc2ccccc21. The van der Waals surface area contributed by atoms with E-state index in [4.69, 9.17) is 4.74 Å². The van der Waals surface area contributed by atoms with Crippen LogP contribution in [-0.2, 0) is 21.2 Å². The van der Waals surface area contributed by atoms with Crippen molar-refractivity contribution in [1.29, 1.82) is 0 Å². The molecule has 0 bridgehead atoms. The highest BCUT2D eigenvalue weighted by molar-refractivity contribution is 7.92. The van der Waals surface area contributed by atoms with E-state index in [1.807, 2.05) is 44.2 Å². The first-order valence-electron chi connectivity index (χ1n) is 9.34. The van der Waals surface area contributed by atoms with E-state index < -0.39 is 21.7 Å². The Balaban J connectivity index is 1.79. The summed E-state index contributed by atoms with van der Waals surface area (Å²) in [6.45, 7) is 5.43. The zero-order valence-corrected chi connectivity index (χ0v) is 17.2. The van der Waals surface area contributed by atoms with E-state index in [0.29, 0.717) is 17.9 Å². The second-order valence-corrected chi connectivity index (χ2v) is 9.72. The van der Waals surface area contributed by atoms with Crippen LogP contribution in [-0.4, -0.2) is 38.3 Å². The summed E-state index contributed by atoms with van der Waals surface area (Å²) in [6, 6.07) is 16.8. The Morgan fingerprint density at radius 2 is 1.79 bits per heavy atom. The van der Waals surface area contributed by atoms with E-state index in [-0.39, 0.29) is 18.2 Å². The number of para-hydroxylation sites is 2. The molecule has 0 radical (unpaired) electrons. The van der Waals surface area contributed by atoms with Crippen LogP contribution >= 0.6 is 0 Å². The van der Waals surface area contributed by atoms with E-state index in [1.54, 1.807) is 31.2 Å². The number of fused-ring (bicyclic) bond motifs is 1. The first-order chi connectivity index (χ1) is 13.2. The van der Waals surface area contributed by atoms with Crippen LogP contribution < -0.4 is 14.4 Å². The Morgan fingerprint density at radius 3 is 2.46 bits per heavy atom. The molecule has 0 saturated carbocycles. The second kappa shape index (κ2) is 7.83. The van der Waals surface area contributed by atoms with E-state index >= 15 is 0 Å². The number of amides is 1. The van der Waals surface area contributed by atoms with Crippen molar-refractivity contribution in [3.63, 3.8) is 0 Å². The third-order valence-electron chi connectivity index (χ3n) is 4.68. The Hall–Kier alpha value is -2.54. The Labute approximate surface area is 166 Å². The molecule has 0 aromatic heterocycles. The minimum Gasteiger partial charge on any atom is -0.476 e. The molecule has 3 rings (SSSR count). The molecule has 0 unspecified atom stereocenters. The summed E-state index contributed by atoms with van der Waals surface area (Å²) >= 11 is 0. The van der Waals surface area contributed by atoms with Crippen molar-refractivity contribution >= 4 is 21.6 Å². The van der Waals surface area contributed by atoms with Crippen LogP contribution in [0, 0.1) is 0 Å². The normalized spacial score (nSPS) is 16.8. The van der Waals surface area contributed by atoms with Gasteiger partial charge >= 0.3 is 0 Å². The number of sulfonamides is 1. The van der Waals surface area contributed by atoms with E-state index in [2.05, 4.69) is 5.32 Å². The van der Waals surface area contributed by atoms with Gasteiger partial charge in [0, 0.05) is 5.54 Å². The summed E-state index contributed by atoms with van der Waals surface area (Å²) in [7, 11) is -3.52. The number of ether oxygens (including phenoxy) is 1. The van der Waals surface area contributed by atoms with Crippen molar-refractivity contribution in [3.05, 3.63) is 60.2 Å². The minimum absolute atomic E-state index is 0.0412. The fourth-order valence-corrected chi connectivity index (χ4v) is 4.45. The Kier molecular flexibility index (Phi) is 5.65. The van der Waals surface area contributed by atoms with Crippen LogP contribution in [0.1, 0.15) is 26.3 Å². The van der Waals surface area contributed by atoms with Gasteiger partial charge < -0.3 is 10.1 Å². The molecule has 1 amide bonds. The lowest BCUT2D eigenvalue weighted by Gasteiger charge is -2.36. The molecule has 1 N–H and O–H groups in total. The van der Waals surface area contributed by atoms with Gasteiger partial charge in [0.25, 0.3) is 5.91 Å². The zero-order valence-electron chi connectivity index (χ0n) is 16.4. The molecular weight excluding hydrogens is 376 g/mol. The molecule has 0 saturated heterocycles. The van der Waals surface area contributed by atoms with Crippen molar-refractivity contribution in [3.8, 4) is 5.75 Å². The molecule has 1 heterocycles. The summed E-state index contributed by atoms with van der Waals surface area (Å²) in [6.07, 6.45) is -0.258. The molecule has 0 fully saturated rings. The average Bonchev–Trinajstić information content (AvgIpc) is 2.67. The van der Waals surface area contributed by atoms with Gasteiger partial charge in [-0.3, -0.25) is 9.10 Å². The number of nitrogens with one attached hydrogen (secondary N) is 1. The number of benzene rings is 2. The summed E-state index contributed by atoms with van der Waals surface area (Å²) in [5.41, 5.74) is 1.07. The summed E-state index contributed by atoms with van der Waals surface area (Å²) in [5, 5.41) is 3.01. The third kappa shape index (κ3) is 4.47. The van der Waals surface area contributed by atoms with Crippen LogP contribution in [0.3, 0.4) is 0 Å². The number of anilines is 1. The highest BCUT2D eigenvalue weighted by atomic mass is 32.2. The van der Waals surface area contributed by atoms with Gasteiger partial charge in [0.15, 0.2) is 6.10 Å². The molecule has 1 aliphatic heterocycles. The molecule has 2 aromatic rings. The average molecular weight is 403 g/mol. The maximum Gasteiger partial charge on any atom is 0.263 e. The molecule has 150 valence electrons. The lowest BCUT2D eigenvalue weighted by molar-refractivity contribution is -0.129. The molecular formula is C21H26N2O4S. The van der Waals surface area contributed by atoms with Crippen LogP contribution in [0.25, 0.3) is 0 Å². The molecule has 6 nitrogen and oxygen atoms in total. The highest BCUT2D eigenvalue weighted by Gasteiger charge is 2.37. The largest absolute Gasteiger partial charge is 0.476 e. The van der Waals surface area contributed by atoms with Crippen LogP contribution in [0.2, 0.25) is 0 Å². The second-order valence-electron chi connectivity index (χ2n) is 7.54. The van der Waals surface area contributed by atoms with Gasteiger partial charge in [-0.2, -0.15) is 0 Å². The molecule has 0 aliphatic carbocycles. The smallest absolute Gasteiger partial charge is 0.263 e. The number of carbonyl (C=O) groups excluding carboxylic acids is 1. The van der Waals surface area contributed by atoms with Crippen molar-refractivity contribution in [2.24, 2.45) is 0 Å². The highest BCUT2D eigenvalue weighted by Crippen LogP contribution is 2.35. The molecule has 7 heteroatoms. The standard InChI is InChI=1S/C21H26N2O4S/c1-4-28(25,26)23-15-19(27-18-13-9-8-12-17(18)23)20(24)22-21(2,3)14-16-10-6-5-7-11-16/h5-13,19H,4,14-15H2,1-3H3,(H,22,24)/t19-/m1/s1. The first-order valence-corrected chi connectivity index (χ1v) is 10.9. The maximum atomic E-state index is 12.9. The van der Waals surface area contributed by atoms with Crippen LogP contribution in [0.5, 0.6) is 5.75 Å². The van der Waals surface area contributed by atoms with Gasteiger partial charge in [-0.25, -0.2) is 8.42 Å². The van der Waals surface area contributed by atoms with Gasteiger partial charge in [0.1, 0.15) is 5.75 Å². The number of rotatable bonds is 6. The van der Waals surface area contributed by atoms with E-state index in [0.717, 1.165) is 5.56 Å². The van der Waals surface area contributed by atoms with Gasteiger partial charge in [-0.15, -0.1) is 0 Å². The van der Waals surface area contributed by atoms with Crippen LogP contribution in [0.4, 0.5) is 5.69 Å². The predicted octanol–water partition coefficient (Wildman–Crippen LogP) is 2.74.